The normalized spacial score (nSPS) is 14.5. The summed E-state index contributed by atoms with van der Waals surface area (Å²) in [6.07, 6.45) is 2.55. The third-order valence-electron chi connectivity index (χ3n) is 3.07. The van der Waals surface area contributed by atoms with Gasteiger partial charge in [0, 0.05) is 11.0 Å². The molecule has 1 fully saturated rings. The highest BCUT2D eigenvalue weighted by molar-refractivity contribution is 9.10. The number of nitrogens with zero attached hydrogens (tertiary/aromatic N) is 2. The molecule has 3 rings (SSSR count). The molecular formula is C14H18BrFN2. The van der Waals surface area contributed by atoms with Crippen LogP contribution >= 0.6 is 15.9 Å². The summed E-state index contributed by atoms with van der Waals surface area (Å²) in [5, 5.41) is 5.08. The highest BCUT2D eigenvalue weighted by Gasteiger charge is 2.24. The van der Waals surface area contributed by atoms with E-state index in [0.29, 0.717) is 5.39 Å². The molecule has 1 aromatic heterocycles. The minimum Gasteiger partial charge on any atom is -0.264 e. The van der Waals surface area contributed by atoms with Gasteiger partial charge in [0.05, 0.1) is 16.6 Å². The predicted molar refractivity (Wildman–Crippen MR) is 76.2 cm³/mol. The number of aromatic nitrogens is 2. The molecule has 98 valence electrons. The van der Waals surface area contributed by atoms with Crippen LogP contribution in [-0.4, -0.2) is 9.78 Å². The zero-order valence-corrected chi connectivity index (χ0v) is 12.6. The second kappa shape index (κ2) is 5.39. The van der Waals surface area contributed by atoms with Gasteiger partial charge in [0.25, 0.3) is 0 Å². The molecule has 0 aliphatic heterocycles. The summed E-state index contributed by atoms with van der Waals surface area (Å²) >= 11 is 3.33. The van der Waals surface area contributed by atoms with Crippen LogP contribution in [0.2, 0.25) is 0 Å². The van der Waals surface area contributed by atoms with Crippen LogP contribution in [0.3, 0.4) is 0 Å². The fourth-order valence-electron chi connectivity index (χ4n) is 2.09. The summed E-state index contributed by atoms with van der Waals surface area (Å²) in [5.41, 5.74) is 1.68. The molecule has 1 aliphatic rings. The van der Waals surface area contributed by atoms with Crippen molar-refractivity contribution < 1.29 is 4.39 Å². The highest BCUT2D eigenvalue weighted by atomic mass is 79.9. The molecule has 0 atom stereocenters. The fraction of sp³-hybridized carbons (Fsp3) is 0.500. The van der Waals surface area contributed by atoms with Gasteiger partial charge in [0.2, 0.25) is 0 Å². The van der Waals surface area contributed by atoms with Crippen LogP contribution in [0.1, 0.15) is 32.4 Å². The lowest BCUT2D eigenvalue weighted by molar-refractivity contribution is 0.576. The Morgan fingerprint density at radius 2 is 2.06 bits per heavy atom. The first-order valence-electron chi connectivity index (χ1n) is 6.47. The van der Waals surface area contributed by atoms with Gasteiger partial charge >= 0.3 is 0 Å². The Bertz CT molecular complexity index is 558. The van der Waals surface area contributed by atoms with Gasteiger partial charge in [0.15, 0.2) is 0 Å². The van der Waals surface area contributed by atoms with Crippen molar-refractivity contribution in [3.05, 3.63) is 28.1 Å². The minimum atomic E-state index is -0.191. The lowest BCUT2D eigenvalue weighted by Crippen LogP contribution is -2.01. The van der Waals surface area contributed by atoms with Gasteiger partial charge in [-0.1, -0.05) is 29.8 Å². The molecule has 1 saturated carbocycles. The topological polar surface area (TPSA) is 17.8 Å². The molecule has 0 bridgehead atoms. The maximum atomic E-state index is 13.8. The van der Waals surface area contributed by atoms with Crippen LogP contribution in [0.15, 0.2) is 16.6 Å². The van der Waals surface area contributed by atoms with E-state index in [1.807, 2.05) is 31.5 Å². The van der Waals surface area contributed by atoms with Gasteiger partial charge in [-0.3, -0.25) is 4.68 Å². The number of aryl methyl sites for hydroxylation is 1. The molecule has 1 heterocycles. The number of hydrogen-bond donors (Lipinski definition) is 0. The van der Waals surface area contributed by atoms with Gasteiger partial charge in [-0.15, -0.1) is 0 Å². The molecule has 0 radical (unpaired) electrons. The first-order chi connectivity index (χ1) is 8.65. The zero-order valence-electron chi connectivity index (χ0n) is 11.0. The van der Waals surface area contributed by atoms with Crippen molar-refractivity contribution in [3.8, 4) is 0 Å². The van der Waals surface area contributed by atoms with Crippen molar-refractivity contribution in [1.29, 1.82) is 0 Å². The lowest BCUT2D eigenvalue weighted by Gasteiger charge is -2.02. The van der Waals surface area contributed by atoms with Gasteiger partial charge in [-0.2, -0.15) is 5.10 Å². The van der Waals surface area contributed by atoms with Crippen molar-refractivity contribution in [2.24, 2.45) is 5.92 Å². The van der Waals surface area contributed by atoms with Crippen LogP contribution in [0.5, 0.6) is 0 Å². The van der Waals surface area contributed by atoms with Crippen LogP contribution in [-0.2, 0) is 6.54 Å². The SMILES string of the molecule is CC.Cc1nn(CC2CC2)c2cc(Br)cc(F)c12. The van der Waals surface area contributed by atoms with Crippen LogP contribution in [0.25, 0.3) is 10.9 Å². The van der Waals surface area contributed by atoms with E-state index in [-0.39, 0.29) is 5.82 Å². The molecule has 2 nitrogen and oxygen atoms in total. The average molecular weight is 313 g/mol. The van der Waals surface area contributed by atoms with Crippen molar-refractivity contribution in [1.82, 2.24) is 9.78 Å². The number of rotatable bonds is 2. The molecule has 0 N–H and O–H groups in total. The second-order valence-corrected chi connectivity index (χ2v) is 5.41. The van der Waals surface area contributed by atoms with Crippen LogP contribution in [0.4, 0.5) is 4.39 Å². The summed E-state index contributed by atoms with van der Waals surface area (Å²) in [6.45, 7) is 6.78. The van der Waals surface area contributed by atoms with Crippen molar-refractivity contribution in [2.75, 3.05) is 0 Å². The quantitative estimate of drug-likeness (QED) is 0.787. The predicted octanol–water partition coefficient (Wildman–Crippen LogP) is 4.68. The summed E-state index contributed by atoms with van der Waals surface area (Å²) in [4.78, 5) is 0. The summed E-state index contributed by atoms with van der Waals surface area (Å²) in [6, 6.07) is 3.44. The van der Waals surface area contributed by atoms with E-state index >= 15 is 0 Å². The second-order valence-electron chi connectivity index (χ2n) is 4.49. The lowest BCUT2D eigenvalue weighted by atomic mass is 10.2. The van der Waals surface area contributed by atoms with E-state index in [0.717, 1.165) is 28.1 Å². The van der Waals surface area contributed by atoms with Crippen molar-refractivity contribution in [3.63, 3.8) is 0 Å². The molecule has 4 heteroatoms. The number of hydrogen-bond acceptors (Lipinski definition) is 1. The molecule has 0 unspecified atom stereocenters. The molecule has 2 aromatic rings. The molecule has 1 aliphatic carbocycles. The fourth-order valence-corrected chi connectivity index (χ4v) is 2.51. The zero-order chi connectivity index (χ0) is 13.3. The molecule has 0 saturated heterocycles. The number of benzene rings is 1. The first-order valence-corrected chi connectivity index (χ1v) is 7.26. The standard InChI is InChI=1S/C12H12BrFN2.C2H6/c1-7-12-10(14)4-9(13)5-11(12)16(15-7)6-8-2-3-8;1-2/h4-5,8H,2-3,6H2,1H3;1-2H3. The Hall–Kier alpha value is -0.900. The van der Waals surface area contributed by atoms with Gasteiger partial charge < -0.3 is 0 Å². The van der Waals surface area contributed by atoms with E-state index in [1.165, 1.54) is 18.9 Å². The van der Waals surface area contributed by atoms with E-state index in [9.17, 15) is 4.39 Å². The Kier molecular flexibility index (Phi) is 4.05. The van der Waals surface area contributed by atoms with Crippen LogP contribution in [0, 0.1) is 18.7 Å². The Balaban J connectivity index is 0.000000574. The van der Waals surface area contributed by atoms with E-state index in [4.69, 9.17) is 0 Å². The van der Waals surface area contributed by atoms with E-state index < -0.39 is 0 Å². The summed E-state index contributed by atoms with van der Waals surface area (Å²) in [5.74, 6) is 0.550. The Labute approximate surface area is 115 Å². The maximum Gasteiger partial charge on any atom is 0.135 e. The smallest absolute Gasteiger partial charge is 0.135 e. The Morgan fingerprint density at radius 3 is 2.67 bits per heavy atom. The minimum absolute atomic E-state index is 0.191. The third-order valence-corrected chi connectivity index (χ3v) is 3.53. The van der Waals surface area contributed by atoms with E-state index in [1.54, 1.807) is 0 Å². The monoisotopic (exact) mass is 312 g/mol. The summed E-state index contributed by atoms with van der Waals surface area (Å²) in [7, 11) is 0. The number of halogens is 2. The van der Waals surface area contributed by atoms with Crippen molar-refractivity contribution in [2.45, 2.75) is 40.2 Å². The third kappa shape index (κ3) is 2.58. The van der Waals surface area contributed by atoms with Gasteiger partial charge in [-0.25, -0.2) is 4.39 Å². The van der Waals surface area contributed by atoms with E-state index in [2.05, 4.69) is 21.0 Å². The first kappa shape index (κ1) is 13.5. The molecule has 18 heavy (non-hydrogen) atoms. The van der Waals surface area contributed by atoms with Crippen LogP contribution < -0.4 is 0 Å². The number of fused-ring (bicyclic) bond motifs is 1. The van der Waals surface area contributed by atoms with Gasteiger partial charge in [0.1, 0.15) is 5.82 Å². The van der Waals surface area contributed by atoms with Crippen molar-refractivity contribution >= 4 is 26.8 Å². The average Bonchev–Trinajstić information content (AvgIpc) is 3.08. The summed E-state index contributed by atoms with van der Waals surface area (Å²) < 4.78 is 16.5. The molecule has 0 amide bonds. The maximum absolute atomic E-state index is 13.8. The molecular weight excluding hydrogens is 295 g/mol. The largest absolute Gasteiger partial charge is 0.264 e. The molecule has 0 spiro atoms. The molecule has 1 aromatic carbocycles. The Morgan fingerprint density at radius 1 is 1.39 bits per heavy atom. The van der Waals surface area contributed by atoms with Gasteiger partial charge in [-0.05, 0) is 37.8 Å². The highest BCUT2D eigenvalue weighted by Crippen LogP contribution is 2.33.